The zero-order chi connectivity index (χ0) is 16.5. The van der Waals surface area contributed by atoms with Gasteiger partial charge < -0.3 is 10.6 Å². The first-order chi connectivity index (χ1) is 10.6. The van der Waals surface area contributed by atoms with Gasteiger partial charge in [-0.05, 0) is 18.8 Å². The molecule has 5 heteroatoms. The van der Waals surface area contributed by atoms with Crippen LogP contribution in [0.2, 0.25) is 0 Å². The molecule has 0 aliphatic rings. The fourth-order valence-electron chi connectivity index (χ4n) is 2.81. The molecule has 0 atom stereocenters. The summed E-state index contributed by atoms with van der Waals surface area (Å²) in [6, 6.07) is 0. The Balaban J connectivity index is 2.67. The van der Waals surface area contributed by atoms with Crippen molar-refractivity contribution in [3.05, 3.63) is 17.0 Å². The van der Waals surface area contributed by atoms with Gasteiger partial charge in [0.2, 0.25) is 0 Å². The maximum Gasteiger partial charge on any atom is 0.191 e. The van der Waals surface area contributed by atoms with Crippen molar-refractivity contribution in [3.63, 3.8) is 0 Å². The zero-order valence-corrected chi connectivity index (χ0v) is 15.2. The molecule has 2 N–H and O–H groups in total. The summed E-state index contributed by atoms with van der Waals surface area (Å²) in [6.45, 7) is 10.6. The maximum absolute atomic E-state index is 4.62. The first kappa shape index (κ1) is 18.5. The quantitative estimate of drug-likeness (QED) is 0.573. The van der Waals surface area contributed by atoms with E-state index in [0.717, 1.165) is 31.9 Å². The predicted molar refractivity (Wildman–Crippen MR) is 94.2 cm³/mol. The van der Waals surface area contributed by atoms with Gasteiger partial charge in [0.1, 0.15) is 0 Å². The second-order valence-corrected chi connectivity index (χ2v) is 5.69. The van der Waals surface area contributed by atoms with Crippen molar-refractivity contribution in [2.75, 3.05) is 13.6 Å². The number of hydrogen-bond acceptors (Lipinski definition) is 2. The Labute approximate surface area is 135 Å². The summed E-state index contributed by atoms with van der Waals surface area (Å²) in [7, 11) is 3.86. The van der Waals surface area contributed by atoms with E-state index in [4.69, 9.17) is 0 Å². The van der Waals surface area contributed by atoms with Crippen LogP contribution in [0.5, 0.6) is 0 Å². The Hall–Kier alpha value is -1.52. The molecule has 0 aliphatic heterocycles. The average molecular weight is 307 g/mol. The molecule has 0 aliphatic carbocycles. The molecule has 0 amide bonds. The minimum atomic E-state index is 0.703. The molecule has 0 saturated heterocycles. The van der Waals surface area contributed by atoms with Gasteiger partial charge in [-0.3, -0.25) is 9.67 Å². The molecule has 1 heterocycles. The van der Waals surface area contributed by atoms with Crippen LogP contribution >= 0.6 is 0 Å². The lowest BCUT2D eigenvalue weighted by atomic mass is 10.0. The average Bonchev–Trinajstić information content (AvgIpc) is 2.85. The largest absolute Gasteiger partial charge is 0.356 e. The van der Waals surface area contributed by atoms with Gasteiger partial charge in [-0.2, -0.15) is 5.10 Å². The second kappa shape index (κ2) is 9.49. The SMILES string of the molecule is CCc1nn(C)c(CC)c1CNC(=NC)NCC(CC)CC. The highest BCUT2D eigenvalue weighted by atomic mass is 15.3. The van der Waals surface area contributed by atoms with Gasteiger partial charge in [0.25, 0.3) is 0 Å². The Morgan fingerprint density at radius 1 is 1.14 bits per heavy atom. The minimum absolute atomic E-state index is 0.703. The first-order valence-electron chi connectivity index (χ1n) is 8.59. The second-order valence-electron chi connectivity index (χ2n) is 5.69. The first-order valence-corrected chi connectivity index (χ1v) is 8.59. The van der Waals surface area contributed by atoms with Gasteiger partial charge in [-0.1, -0.05) is 40.5 Å². The summed E-state index contributed by atoms with van der Waals surface area (Å²) in [4.78, 5) is 4.33. The van der Waals surface area contributed by atoms with Crippen LogP contribution in [0.1, 0.15) is 57.5 Å². The number of aliphatic imine (C=N–C) groups is 1. The van der Waals surface area contributed by atoms with Crippen molar-refractivity contribution in [2.24, 2.45) is 18.0 Å². The monoisotopic (exact) mass is 307 g/mol. The lowest BCUT2D eigenvalue weighted by Gasteiger charge is -2.17. The van der Waals surface area contributed by atoms with Crippen LogP contribution < -0.4 is 10.6 Å². The van der Waals surface area contributed by atoms with Crippen molar-refractivity contribution < 1.29 is 0 Å². The lowest BCUT2D eigenvalue weighted by molar-refractivity contribution is 0.481. The van der Waals surface area contributed by atoms with Gasteiger partial charge in [0, 0.05) is 38.4 Å². The number of rotatable bonds is 8. The number of guanidine groups is 1. The normalized spacial score (nSPS) is 12.0. The van der Waals surface area contributed by atoms with Crippen LogP contribution in [-0.4, -0.2) is 29.3 Å². The minimum Gasteiger partial charge on any atom is -0.356 e. The molecule has 0 bridgehead atoms. The molecule has 0 spiro atoms. The molecule has 0 radical (unpaired) electrons. The van der Waals surface area contributed by atoms with Crippen molar-refractivity contribution in [2.45, 2.75) is 59.9 Å². The molecular weight excluding hydrogens is 274 g/mol. The molecule has 0 unspecified atom stereocenters. The third-order valence-electron chi connectivity index (χ3n) is 4.40. The Kier molecular flexibility index (Phi) is 7.99. The summed E-state index contributed by atoms with van der Waals surface area (Å²) < 4.78 is 2.01. The molecule has 0 saturated carbocycles. The molecule has 1 aromatic heterocycles. The van der Waals surface area contributed by atoms with Crippen molar-refractivity contribution in [1.82, 2.24) is 20.4 Å². The van der Waals surface area contributed by atoms with Gasteiger partial charge in [-0.15, -0.1) is 0 Å². The van der Waals surface area contributed by atoms with E-state index in [-0.39, 0.29) is 0 Å². The highest BCUT2D eigenvalue weighted by Gasteiger charge is 2.14. The van der Waals surface area contributed by atoms with Gasteiger partial charge in [0.15, 0.2) is 5.96 Å². The third kappa shape index (κ3) is 4.75. The molecular formula is C17H33N5. The highest BCUT2D eigenvalue weighted by molar-refractivity contribution is 5.79. The number of hydrogen-bond donors (Lipinski definition) is 2. The Morgan fingerprint density at radius 3 is 2.32 bits per heavy atom. The van der Waals surface area contributed by atoms with Crippen LogP contribution in [-0.2, 0) is 26.4 Å². The van der Waals surface area contributed by atoms with E-state index in [1.165, 1.54) is 29.8 Å². The molecule has 5 nitrogen and oxygen atoms in total. The van der Waals surface area contributed by atoms with E-state index in [0.29, 0.717) is 5.92 Å². The smallest absolute Gasteiger partial charge is 0.191 e. The fourth-order valence-corrected chi connectivity index (χ4v) is 2.81. The molecule has 126 valence electrons. The van der Waals surface area contributed by atoms with E-state index < -0.39 is 0 Å². The summed E-state index contributed by atoms with van der Waals surface area (Å²) in [6.07, 6.45) is 4.36. The molecule has 0 aromatic carbocycles. The molecule has 1 aromatic rings. The van der Waals surface area contributed by atoms with Crippen LogP contribution in [0.3, 0.4) is 0 Å². The van der Waals surface area contributed by atoms with Crippen molar-refractivity contribution >= 4 is 5.96 Å². The zero-order valence-electron chi connectivity index (χ0n) is 15.2. The maximum atomic E-state index is 4.62. The fraction of sp³-hybridized carbons (Fsp3) is 0.765. The molecule has 22 heavy (non-hydrogen) atoms. The van der Waals surface area contributed by atoms with Crippen LogP contribution in [0.25, 0.3) is 0 Å². The summed E-state index contributed by atoms with van der Waals surface area (Å²) in [5.41, 5.74) is 3.81. The topological polar surface area (TPSA) is 54.2 Å². The summed E-state index contributed by atoms with van der Waals surface area (Å²) in [5.74, 6) is 1.58. The number of aryl methyl sites for hydroxylation is 2. The van der Waals surface area contributed by atoms with E-state index in [2.05, 4.69) is 48.4 Å². The van der Waals surface area contributed by atoms with E-state index in [1.54, 1.807) is 0 Å². The highest BCUT2D eigenvalue weighted by Crippen LogP contribution is 2.15. The van der Waals surface area contributed by atoms with Crippen LogP contribution in [0, 0.1) is 5.92 Å². The van der Waals surface area contributed by atoms with Gasteiger partial charge in [0.05, 0.1) is 5.69 Å². The summed E-state index contributed by atoms with van der Waals surface area (Å²) >= 11 is 0. The predicted octanol–water partition coefficient (Wildman–Crippen LogP) is 2.65. The number of nitrogens with one attached hydrogen (secondary N) is 2. The van der Waals surface area contributed by atoms with E-state index >= 15 is 0 Å². The number of aromatic nitrogens is 2. The van der Waals surface area contributed by atoms with Crippen LogP contribution in [0.4, 0.5) is 0 Å². The third-order valence-corrected chi connectivity index (χ3v) is 4.40. The van der Waals surface area contributed by atoms with Gasteiger partial charge >= 0.3 is 0 Å². The molecule has 1 rings (SSSR count). The Bertz CT molecular complexity index is 472. The number of nitrogens with zero attached hydrogens (tertiary/aromatic N) is 3. The van der Waals surface area contributed by atoms with Crippen molar-refractivity contribution in [1.29, 1.82) is 0 Å². The standard InChI is InChI=1S/C17H33N5/c1-7-13(8-2)11-19-17(18-5)20-12-14-15(9-3)21-22(6)16(14)10-4/h13H,7-12H2,1-6H3,(H2,18,19,20). The van der Waals surface area contributed by atoms with Gasteiger partial charge in [-0.25, -0.2) is 0 Å². The lowest BCUT2D eigenvalue weighted by Crippen LogP contribution is -2.39. The van der Waals surface area contributed by atoms with E-state index in [9.17, 15) is 0 Å². The van der Waals surface area contributed by atoms with Crippen LogP contribution in [0.15, 0.2) is 4.99 Å². The summed E-state index contributed by atoms with van der Waals surface area (Å²) in [5, 5.41) is 11.5. The molecule has 0 fully saturated rings. The van der Waals surface area contributed by atoms with E-state index in [1.807, 2.05) is 18.8 Å². The Morgan fingerprint density at radius 2 is 1.82 bits per heavy atom. The van der Waals surface area contributed by atoms with Crippen molar-refractivity contribution in [3.8, 4) is 0 Å².